The van der Waals surface area contributed by atoms with Gasteiger partial charge in [-0.05, 0) is 56.0 Å². The molecule has 2 aromatic rings. The Morgan fingerprint density at radius 1 is 1.00 bits per heavy atom. The van der Waals surface area contributed by atoms with Crippen LogP contribution >= 0.6 is 0 Å². The summed E-state index contributed by atoms with van der Waals surface area (Å²) < 4.78 is 6.08. The van der Waals surface area contributed by atoms with Gasteiger partial charge in [0.05, 0.1) is 6.54 Å². The molecule has 112 valence electrons. The minimum atomic E-state index is 0.172. The molecule has 2 nitrogen and oxygen atoms in total. The van der Waals surface area contributed by atoms with Gasteiger partial charge in [-0.25, -0.2) is 0 Å². The van der Waals surface area contributed by atoms with E-state index in [1.54, 1.807) is 0 Å². The van der Waals surface area contributed by atoms with E-state index in [9.17, 15) is 0 Å². The summed E-state index contributed by atoms with van der Waals surface area (Å²) in [5.74, 6) is 0.949. The van der Waals surface area contributed by atoms with Crippen molar-refractivity contribution < 1.29 is 4.74 Å². The predicted molar refractivity (Wildman–Crippen MR) is 90.3 cm³/mol. The average Bonchev–Trinajstić information content (AvgIpc) is 2.45. The molecule has 1 atom stereocenters. The van der Waals surface area contributed by atoms with Gasteiger partial charge in [-0.1, -0.05) is 37.3 Å². The summed E-state index contributed by atoms with van der Waals surface area (Å²) in [7, 11) is 0. The zero-order valence-electron chi connectivity index (χ0n) is 13.4. The van der Waals surface area contributed by atoms with Gasteiger partial charge < -0.3 is 10.1 Å². The van der Waals surface area contributed by atoms with Gasteiger partial charge in [0.1, 0.15) is 11.9 Å². The van der Waals surface area contributed by atoms with Crippen molar-refractivity contribution in [2.45, 2.75) is 40.2 Å². The Balaban J connectivity index is 2.00. The fraction of sp³-hybridized carbons (Fsp3) is 0.368. The van der Waals surface area contributed by atoms with Crippen LogP contribution in [0.25, 0.3) is 0 Å². The van der Waals surface area contributed by atoms with Crippen LogP contribution in [0.5, 0.6) is 5.75 Å². The molecule has 0 aliphatic rings. The fourth-order valence-electron chi connectivity index (χ4n) is 2.46. The molecule has 0 heterocycles. The number of anilines is 1. The highest BCUT2D eigenvalue weighted by Gasteiger charge is 2.10. The number of ether oxygens (including phenoxy) is 1. The van der Waals surface area contributed by atoms with Crippen LogP contribution in [-0.4, -0.2) is 12.6 Å². The minimum absolute atomic E-state index is 0.172. The van der Waals surface area contributed by atoms with E-state index in [2.05, 4.69) is 63.3 Å². The van der Waals surface area contributed by atoms with Crippen molar-refractivity contribution in [3.05, 3.63) is 59.2 Å². The zero-order valence-corrected chi connectivity index (χ0v) is 13.4. The molecule has 1 N–H and O–H groups in total. The van der Waals surface area contributed by atoms with Gasteiger partial charge in [-0.3, -0.25) is 0 Å². The first-order chi connectivity index (χ1) is 10.1. The van der Waals surface area contributed by atoms with Crippen molar-refractivity contribution in [2.24, 2.45) is 0 Å². The van der Waals surface area contributed by atoms with Gasteiger partial charge in [0, 0.05) is 5.69 Å². The number of rotatable bonds is 6. The third kappa shape index (κ3) is 4.25. The molecule has 0 aliphatic heterocycles. The standard InChI is InChI=1S/C19H25NO/c1-5-17(21-18-11-6-8-14(2)12-18)13-20-19-15(3)9-7-10-16(19)4/h6-12,17,20H,5,13H2,1-4H3. The summed E-state index contributed by atoms with van der Waals surface area (Å²) >= 11 is 0. The molecule has 21 heavy (non-hydrogen) atoms. The van der Waals surface area contributed by atoms with E-state index < -0.39 is 0 Å². The second-order valence-corrected chi connectivity index (χ2v) is 5.61. The Morgan fingerprint density at radius 3 is 2.29 bits per heavy atom. The molecular weight excluding hydrogens is 258 g/mol. The number of hydrogen-bond donors (Lipinski definition) is 1. The molecule has 1 unspecified atom stereocenters. The maximum Gasteiger partial charge on any atom is 0.120 e. The first kappa shape index (κ1) is 15.4. The Bertz CT molecular complexity index is 572. The molecular formula is C19H25NO. The monoisotopic (exact) mass is 283 g/mol. The van der Waals surface area contributed by atoms with E-state index in [-0.39, 0.29) is 6.10 Å². The predicted octanol–water partition coefficient (Wildman–Crippen LogP) is 4.88. The first-order valence-electron chi connectivity index (χ1n) is 7.63. The molecule has 0 saturated heterocycles. The van der Waals surface area contributed by atoms with E-state index in [0.29, 0.717) is 0 Å². The van der Waals surface area contributed by atoms with Crippen LogP contribution in [-0.2, 0) is 0 Å². The summed E-state index contributed by atoms with van der Waals surface area (Å²) in [4.78, 5) is 0. The summed E-state index contributed by atoms with van der Waals surface area (Å²) in [5.41, 5.74) is 5.01. The lowest BCUT2D eigenvalue weighted by atomic mass is 10.1. The molecule has 0 fully saturated rings. The van der Waals surface area contributed by atoms with Crippen LogP contribution in [0, 0.1) is 20.8 Å². The molecule has 0 aliphatic carbocycles. The van der Waals surface area contributed by atoms with E-state index >= 15 is 0 Å². The average molecular weight is 283 g/mol. The highest BCUT2D eigenvalue weighted by atomic mass is 16.5. The van der Waals surface area contributed by atoms with Crippen LogP contribution in [0.15, 0.2) is 42.5 Å². The van der Waals surface area contributed by atoms with Gasteiger partial charge in [0.2, 0.25) is 0 Å². The molecule has 0 spiro atoms. The third-order valence-corrected chi connectivity index (χ3v) is 3.74. The molecule has 0 radical (unpaired) electrons. The molecule has 2 heteroatoms. The number of benzene rings is 2. The van der Waals surface area contributed by atoms with Gasteiger partial charge in [0.15, 0.2) is 0 Å². The van der Waals surface area contributed by atoms with E-state index in [1.807, 2.05) is 12.1 Å². The van der Waals surface area contributed by atoms with Crippen molar-refractivity contribution in [1.82, 2.24) is 0 Å². The molecule has 0 amide bonds. The van der Waals surface area contributed by atoms with Gasteiger partial charge in [0.25, 0.3) is 0 Å². The van der Waals surface area contributed by atoms with Crippen LogP contribution in [0.3, 0.4) is 0 Å². The highest BCUT2D eigenvalue weighted by Crippen LogP contribution is 2.20. The Kier molecular flexibility index (Phi) is 5.26. The number of aryl methyl sites for hydroxylation is 3. The van der Waals surface area contributed by atoms with Crippen LogP contribution < -0.4 is 10.1 Å². The molecule has 2 aromatic carbocycles. The van der Waals surface area contributed by atoms with E-state index in [1.165, 1.54) is 22.4 Å². The smallest absolute Gasteiger partial charge is 0.120 e. The number of para-hydroxylation sites is 1. The maximum atomic E-state index is 6.08. The number of nitrogens with one attached hydrogen (secondary N) is 1. The van der Waals surface area contributed by atoms with Gasteiger partial charge >= 0.3 is 0 Å². The Morgan fingerprint density at radius 2 is 1.67 bits per heavy atom. The third-order valence-electron chi connectivity index (χ3n) is 3.74. The van der Waals surface area contributed by atoms with Crippen LogP contribution in [0.2, 0.25) is 0 Å². The molecule has 0 aromatic heterocycles. The normalized spacial score (nSPS) is 12.0. The van der Waals surface area contributed by atoms with Gasteiger partial charge in [-0.2, -0.15) is 0 Å². The second-order valence-electron chi connectivity index (χ2n) is 5.61. The lowest BCUT2D eigenvalue weighted by Gasteiger charge is -2.20. The SMILES string of the molecule is CCC(CNc1c(C)cccc1C)Oc1cccc(C)c1. The molecule has 0 bridgehead atoms. The van der Waals surface area contributed by atoms with Crippen molar-refractivity contribution in [2.75, 3.05) is 11.9 Å². The number of hydrogen-bond acceptors (Lipinski definition) is 2. The fourth-order valence-corrected chi connectivity index (χ4v) is 2.46. The van der Waals surface area contributed by atoms with Crippen molar-refractivity contribution >= 4 is 5.69 Å². The molecule has 0 saturated carbocycles. The van der Waals surface area contributed by atoms with E-state index in [0.717, 1.165) is 18.7 Å². The lowest BCUT2D eigenvalue weighted by molar-refractivity contribution is 0.210. The van der Waals surface area contributed by atoms with Crippen molar-refractivity contribution in [1.29, 1.82) is 0 Å². The summed E-state index contributed by atoms with van der Waals surface area (Å²) in [5, 5.41) is 3.54. The Labute approximate surface area is 128 Å². The van der Waals surface area contributed by atoms with Crippen molar-refractivity contribution in [3.8, 4) is 5.75 Å². The highest BCUT2D eigenvalue weighted by molar-refractivity contribution is 5.56. The molecule has 2 rings (SSSR count). The summed E-state index contributed by atoms with van der Waals surface area (Å²) in [6.07, 6.45) is 1.15. The Hall–Kier alpha value is -1.96. The largest absolute Gasteiger partial charge is 0.489 e. The summed E-state index contributed by atoms with van der Waals surface area (Å²) in [6, 6.07) is 14.6. The zero-order chi connectivity index (χ0) is 15.2. The van der Waals surface area contributed by atoms with Crippen LogP contribution in [0.1, 0.15) is 30.0 Å². The topological polar surface area (TPSA) is 21.3 Å². The minimum Gasteiger partial charge on any atom is -0.489 e. The van der Waals surface area contributed by atoms with Gasteiger partial charge in [-0.15, -0.1) is 0 Å². The van der Waals surface area contributed by atoms with Crippen LogP contribution in [0.4, 0.5) is 5.69 Å². The summed E-state index contributed by atoms with van der Waals surface area (Å²) in [6.45, 7) is 9.33. The maximum absolute atomic E-state index is 6.08. The van der Waals surface area contributed by atoms with Crippen molar-refractivity contribution in [3.63, 3.8) is 0 Å². The second kappa shape index (κ2) is 7.16. The quantitative estimate of drug-likeness (QED) is 0.815. The van der Waals surface area contributed by atoms with E-state index in [4.69, 9.17) is 4.74 Å². The lowest BCUT2D eigenvalue weighted by Crippen LogP contribution is -2.26. The first-order valence-corrected chi connectivity index (χ1v) is 7.63.